The van der Waals surface area contributed by atoms with E-state index < -0.39 is 5.91 Å². The maximum absolute atomic E-state index is 10.8. The molecule has 5 heteroatoms. The standard InChI is InChI=1S/C8H12N4O/c9-7-4-6(8(10)13)11-12(7)5-2-1-3-5/h4-5H,1-3,9H2,(H2,10,13). The van der Waals surface area contributed by atoms with Gasteiger partial charge in [-0.1, -0.05) is 0 Å². The molecule has 1 heterocycles. The second-order valence-electron chi connectivity index (χ2n) is 3.35. The fourth-order valence-electron chi connectivity index (χ4n) is 1.45. The summed E-state index contributed by atoms with van der Waals surface area (Å²) in [5, 5.41) is 4.05. The van der Waals surface area contributed by atoms with Crippen LogP contribution < -0.4 is 11.5 Å². The van der Waals surface area contributed by atoms with Crippen molar-refractivity contribution in [2.24, 2.45) is 5.73 Å². The topological polar surface area (TPSA) is 86.9 Å². The van der Waals surface area contributed by atoms with E-state index in [1.165, 1.54) is 12.5 Å². The van der Waals surface area contributed by atoms with E-state index in [9.17, 15) is 4.79 Å². The van der Waals surface area contributed by atoms with E-state index >= 15 is 0 Å². The maximum Gasteiger partial charge on any atom is 0.269 e. The van der Waals surface area contributed by atoms with Crippen molar-refractivity contribution in [2.75, 3.05) is 5.73 Å². The summed E-state index contributed by atoms with van der Waals surface area (Å²) in [7, 11) is 0. The number of rotatable bonds is 2. The normalized spacial score (nSPS) is 16.9. The summed E-state index contributed by atoms with van der Waals surface area (Å²) in [4.78, 5) is 10.8. The number of carbonyl (C=O) groups is 1. The van der Waals surface area contributed by atoms with Crippen LogP contribution in [0.25, 0.3) is 0 Å². The van der Waals surface area contributed by atoms with E-state index in [0.29, 0.717) is 11.9 Å². The molecule has 5 nitrogen and oxygen atoms in total. The van der Waals surface area contributed by atoms with Crippen LogP contribution >= 0.6 is 0 Å². The molecule has 1 aromatic rings. The Morgan fingerprint density at radius 3 is 2.69 bits per heavy atom. The van der Waals surface area contributed by atoms with Gasteiger partial charge >= 0.3 is 0 Å². The molecule has 0 bridgehead atoms. The van der Waals surface area contributed by atoms with E-state index in [4.69, 9.17) is 11.5 Å². The molecule has 1 amide bonds. The van der Waals surface area contributed by atoms with Crippen molar-refractivity contribution in [1.82, 2.24) is 9.78 Å². The second-order valence-corrected chi connectivity index (χ2v) is 3.35. The predicted octanol–water partition coefficient (Wildman–Crippen LogP) is 0.289. The van der Waals surface area contributed by atoms with Gasteiger partial charge in [0.15, 0.2) is 5.69 Å². The van der Waals surface area contributed by atoms with Gasteiger partial charge in [-0.05, 0) is 19.3 Å². The van der Waals surface area contributed by atoms with Crippen LogP contribution in [0.2, 0.25) is 0 Å². The lowest BCUT2D eigenvalue weighted by Gasteiger charge is -2.26. The molecule has 0 spiro atoms. The molecule has 1 aromatic heterocycles. The zero-order valence-electron chi connectivity index (χ0n) is 7.23. The first-order chi connectivity index (χ1) is 6.18. The molecular formula is C8H12N4O. The first-order valence-electron chi connectivity index (χ1n) is 4.33. The molecule has 1 aliphatic carbocycles. The molecule has 0 aliphatic heterocycles. The van der Waals surface area contributed by atoms with Gasteiger partial charge in [0.25, 0.3) is 5.91 Å². The van der Waals surface area contributed by atoms with Crippen LogP contribution in [0.3, 0.4) is 0 Å². The van der Waals surface area contributed by atoms with E-state index in [-0.39, 0.29) is 5.69 Å². The third-order valence-corrected chi connectivity index (χ3v) is 2.44. The van der Waals surface area contributed by atoms with Crippen molar-refractivity contribution in [1.29, 1.82) is 0 Å². The summed E-state index contributed by atoms with van der Waals surface area (Å²) in [5.74, 6) is 0.00303. The number of carbonyl (C=O) groups excluding carboxylic acids is 1. The molecule has 0 unspecified atom stereocenters. The van der Waals surface area contributed by atoms with Crippen molar-refractivity contribution in [3.05, 3.63) is 11.8 Å². The SMILES string of the molecule is NC(=O)c1cc(N)n(C2CCC2)n1. The fourth-order valence-corrected chi connectivity index (χ4v) is 1.45. The highest BCUT2D eigenvalue weighted by Crippen LogP contribution is 2.32. The van der Waals surface area contributed by atoms with Crippen LogP contribution in [-0.2, 0) is 0 Å². The van der Waals surface area contributed by atoms with E-state index in [1.807, 2.05) is 0 Å². The molecule has 70 valence electrons. The number of aromatic nitrogens is 2. The van der Waals surface area contributed by atoms with Crippen LogP contribution in [0.1, 0.15) is 35.8 Å². The third-order valence-electron chi connectivity index (χ3n) is 2.44. The maximum atomic E-state index is 10.8. The van der Waals surface area contributed by atoms with Crippen molar-refractivity contribution >= 4 is 11.7 Å². The summed E-state index contributed by atoms with van der Waals surface area (Å²) in [6.45, 7) is 0. The predicted molar refractivity (Wildman–Crippen MR) is 48.0 cm³/mol. The first kappa shape index (κ1) is 8.10. The molecule has 2 rings (SSSR count). The summed E-state index contributed by atoms with van der Waals surface area (Å²) < 4.78 is 1.70. The Balaban J connectivity index is 2.29. The molecule has 0 aromatic carbocycles. The minimum atomic E-state index is -0.523. The van der Waals surface area contributed by atoms with Gasteiger partial charge in [0.2, 0.25) is 0 Å². The number of anilines is 1. The van der Waals surface area contributed by atoms with Crippen molar-refractivity contribution in [3.8, 4) is 0 Å². The zero-order chi connectivity index (χ0) is 9.42. The minimum absolute atomic E-state index is 0.254. The monoisotopic (exact) mass is 180 g/mol. The third kappa shape index (κ3) is 1.26. The average molecular weight is 180 g/mol. The lowest BCUT2D eigenvalue weighted by molar-refractivity contribution is 0.0994. The van der Waals surface area contributed by atoms with Gasteiger partial charge in [-0.2, -0.15) is 5.10 Å². The van der Waals surface area contributed by atoms with E-state index in [2.05, 4.69) is 5.10 Å². The smallest absolute Gasteiger partial charge is 0.269 e. The Bertz CT molecular complexity index is 340. The van der Waals surface area contributed by atoms with Crippen molar-refractivity contribution in [2.45, 2.75) is 25.3 Å². The Morgan fingerprint density at radius 2 is 2.31 bits per heavy atom. The van der Waals surface area contributed by atoms with Gasteiger partial charge < -0.3 is 11.5 Å². The minimum Gasteiger partial charge on any atom is -0.384 e. The molecule has 13 heavy (non-hydrogen) atoms. The molecule has 1 fully saturated rings. The highest BCUT2D eigenvalue weighted by molar-refractivity contribution is 5.91. The lowest BCUT2D eigenvalue weighted by atomic mass is 9.93. The number of nitrogens with zero attached hydrogens (tertiary/aromatic N) is 2. The molecule has 0 atom stereocenters. The first-order valence-corrected chi connectivity index (χ1v) is 4.33. The highest BCUT2D eigenvalue weighted by Gasteiger charge is 2.23. The number of primary amides is 1. The van der Waals surface area contributed by atoms with Gasteiger partial charge in [0.05, 0.1) is 6.04 Å². The van der Waals surface area contributed by atoms with E-state index in [0.717, 1.165) is 12.8 Å². The molecule has 0 saturated heterocycles. The van der Waals surface area contributed by atoms with Gasteiger partial charge in [-0.3, -0.25) is 4.79 Å². The Hall–Kier alpha value is -1.52. The molecule has 0 radical (unpaired) electrons. The summed E-state index contributed by atoms with van der Waals surface area (Å²) in [6, 6.07) is 1.90. The van der Waals surface area contributed by atoms with Crippen LogP contribution in [0.4, 0.5) is 5.82 Å². The van der Waals surface area contributed by atoms with Gasteiger partial charge in [0.1, 0.15) is 5.82 Å². The fraction of sp³-hybridized carbons (Fsp3) is 0.500. The second kappa shape index (κ2) is 2.76. The number of hydrogen-bond acceptors (Lipinski definition) is 3. The molecule has 1 saturated carbocycles. The number of nitrogen functional groups attached to an aromatic ring is 1. The molecular weight excluding hydrogens is 168 g/mol. The number of hydrogen-bond donors (Lipinski definition) is 2. The van der Waals surface area contributed by atoms with Gasteiger partial charge in [-0.25, -0.2) is 4.68 Å². The Kier molecular flexibility index (Phi) is 1.72. The largest absolute Gasteiger partial charge is 0.384 e. The number of nitrogens with two attached hydrogens (primary N) is 2. The molecule has 4 N–H and O–H groups in total. The quantitative estimate of drug-likeness (QED) is 0.685. The van der Waals surface area contributed by atoms with Crippen molar-refractivity contribution < 1.29 is 4.79 Å². The van der Waals surface area contributed by atoms with Crippen LogP contribution in [-0.4, -0.2) is 15.7 Å². The molecule has 1 aliphatic rings. The Labute approximate surface area is 75.7 Å². The average Bonchev–Trinajstić information content (AvgIpc) is 2.29. The summed E-state index contributed by atoms with van der Waals surface area (Å²) in [5.41, 5.74) is 11.0. The Morgan fingerprint density at radius 1 is 1.62 bits per heavy atom. The lowest BCUT2D eigenvalue weighted by Crippen LogP contribution is -2.20. The zero-order valence-corrected chi connectivity index (χ0v) is 7.23. The van der Waals surface area contributed by atoms with Crippen LogP contribution in [0.15, 0.2) is 6.07 Å². The van der Waals surface area contributed by atoms with Gasteiger partial charge in [0, 0.05) is 6.07 Å². The van der Waals surface area contributed by atoms with Gasteiger partial charge in [-0.15, -0.1) is 0 Å². The van der Waals surface area contributed by atoms with Crippen LogP contribution in [0.5, 0.6) is 0 Å². The highest BCUT2D eigenvalue weighted by atomic mass is 16.1. The van der Waals surface area contributed by atoms with Crippen LogP contribution in [0, 0.1) is 0 Å². The summed E-state index contributed by atoms with van der Waals surface area (Å²) >= 11 is 0. The van der Waals surface area contributed by atoms with E-state index in [1.54, 1.807) is 4.68 Å². The number of amides is 1. The van der Waals surface area contributed by atoms with Crippen molar-refractivity contribution in [3.63, 3.8) is 0 Å². The summed E-state index contributed by atoms with van der Waals surface area (Å²) in [6.07, 6.45) is 3.38.